The summed E-state index contributed by atoms with van der Waals surface area (Å²) in [5.41, 5.74) is 11.1. The van der Waals surface area contributed by atoms with Crippen molar-refractivity contribution in [2.24, 2.45) is 11.8 Å². The van der Waals surface area contributed by atoms with Gasteiger partial charge in [-0.15, -0.1) is 0 Å². The number of nitrogens with zero attached hydrogens (tertiary/aromatic N) is 7. The highest BCUT2D eigenvalue weighted by atomic mass is 16.5. The lowest BCUT2D eigenvalue weighted by Gasteiger charge is -2.32. The van der Waals surface area contributed by atoms with Crippen molar-refractivity contribution in [3.05, 3.63) is 83.2 Å². The summed E-state index contributed by atoms with van der Waals surface area (Å²) < 4.78 is 11.2. The molecule has 0 aliphatic carbocycles. The van der Waals surface area contributed by atoms with Crippen LogP contribution in [-0.4, -0.2) is 149 Å². The fourth-order valence-electron chi connectivity index (χ4n) is 11.4. The van der Waals surface area contributed by atoms with E-state index >= 15 is 0 Å². The average molecular weight is 969 g/mol. The number of amides is 4. The summed E-state index contributed by atoms with van der Waals surface area (Å²) in [6.45, 7) is 22.8. The van der Waals surface area contributed by atoms with Crippen LogP contribution in [0.2, 0.25) is 0 Å². The first-order valence-corrected chi connectivity index (χ1v) is 27.0. The third kappa shape index (κ3) is 12.9. The standard InChI is InChI=1S/C29H41N5O2.C28H39N5O2/c1-4-22-9-11-34(19-22)29(35)30-25-8-7-21(2)26(18-25)24-16-27(23-6-5-10-32(3)20-23)31-28(17-24)33-12-14-36-15-13-33;1-3-21-8-10-33(19-21)28(34)30-24-7-6-20(2)25(17-24)23-15-26(22-5-4-9-29-18-22)31-27(16-23)32-11-13-35-14-12-32/h7-8,16-18,22-23H,4-6,9-15,19-20H2,1-3H3,(H,30,35);6-7,15-17,21-22,29H,3-5,8-14,18-19H2,1-2H3,(H,30,34)/t22-,23?;21-,22?/m11/s1. The summed E-state index contributed by atoms with van der Waals surface area (Å²) in [5.74, 6) is 4.18. The number of benzene rings is 2. The quantitative estimate of drug-likeness (QED) is 0.141. The fraction of sp³-hybridized carbons (Fsp3) is 0.579. The summed E-state index contributed by atoms with van der Waals surface area (Å²) in [5, 5.41) is 9.86. The molecule has 2 unspecified atom stereocenters. The van der Waals surface area contributed by atoms with Crippen LogP contribution in [0.15, 0.2) is 60.7 Å². The normalized spacial score (nSPS) is 23.1. The van der Waals surface area contributed by atoms with Crippen LogP contribution in [0, 0.1) is 25.7 Å². The second kappa shape index (κ2) is 24.0. The molecule has 2 aromatic carbocycles. The van der Waals surface area contributed by atoms with E-state index in [4.69, 9.17) is 19.4 Å². The van der Waals surface area contributed by atoms with Gasteiger partial charge in [0.1, 0.15) is 11.6 Å². The van der Waals surface area contributed by atoms with Crippen LogP contribution in [-0.2, 0) is 9.47 Å². The first kappa shape index (κ1) is 50.7. The summed E-state index contributed by atoms with van der Waals surface area (Å²) in [7, 11) is 2.21. The van der Waals surface area contributed by atoms with Crippen LogP contribution in [0.5, 0.6) is 0 Å². The molecule has 4 amide bonds. The number of urea groups is 2. The number of anilines is 4. The minimum Gasteiger partial charge on any atom is -0.378 e. The number of likely N-dealkylation sites (tertiary alicyclic amines) is 3. The molecule has 4 aromatic rings. The Kier molecular flexibility index (Phi) is 17.1. The summed E-state index contributed by atoms with van der Waals surface area (Å²) in [4.78, 5) is 47.2. The van der Waals surface area contributed by atoms with Gasteiger partial charge >= 0.3 is 12.1 Å². The van der Waals surface area contributed by atoms with E-state index in [1.807, 2.05) is 21.9 Å². The molecule has 4 atom stereocenters. The highest BCUT2D eigenvalue weighted by molar-refractivity contribution is 5.91. The number of aromatic nitrogens is 2. The van der Waals surface area contributed by atoms with E-state index < -0.39 is 0 Å². The van der Waals surface area contributed by atoms with Gasteiger partial charge in [-0.2, -0.15) is 0 Å². The van der Waals surface area contributed by atoms with E-state index in [9.17, 15) is 9.59 Å². The Hall–Kier alpha value is -5.28. The van der Waals surface area contributed by atoms with Crippen molar-refractivity contribution < 1.29 is 19.1 Å². The van der Waals surface area contributed by atoms with Crippen molar-refractivity contribution in [2.75, 3.05) is 132 Å². The molecular weight excluding hydrogens is 889 g/mol. The molecule has 0 radical (unpaired) electrons. The second-order valence-corrected chi connectivity index (χ2v) is 21.1. The monoisotopic (exact) mass is 969 g/mol. The van der Waals surface area contributed by atoms with Gasteiger partial charge in [-0.05, 0) is 166 Å². The summed E-state index contributed by atoms with van der Waals surface area (Å²) in [6, 6.07) is 21.5. The van der Waals surface area contributed by atoms with E-state index in [0.29, 0.717) is 23.7 Å². The number of nitrogens with one attached hydrogen (secondary N) is 3. The Balaban J connectivity index is 0.000000176. The van der Waals surface area contributed by atoms with Crippen LogP contribution in [0.1, 0.15) is 99.6 Å². The zero-order chi connectivity index (χ0) is 49.3. The molecule has 6 aliphatic rings. The molecule has 382 valence electrons. The van der Waals surface area contributed by atoms with Crippen molar-refractivity contribution >= 4 is 35.1 Å². The van der Waals surface area contributed by atoms with Crippen LogP contribution in [0.4, 0.5) is 32.6 Å². The molecule has 6 aliphatic heterocycles. The molecule has 10 rings (SSSR count). The smallest absolute Gasteiger partial charge is 0.321 e. The van der Waals surface area contributed by atoms with Gasteiger partial charge in [-0.25, -0.2) is 19.6 Å². The zero-order valence-corrected chi connectivity index (χ0v) is 43.3. The van der Waals surface area contributed by atoms with E-state index in [0.717, 1.165) is 177 Å². The van der Waals surface area contributed by atoms with E-state index in [1.165, 1.54) is 47.2 Å². The lowest BCUT2D eigenvalue weighted by atomic mass is 9.92. The molecule has 14 nitrogen and oxygen atoms in total. The lowest BCUT2D eigenvalue weighted by molar-refractivity contribution is 0.122. The van der Waals surface area contributed by atoms with Crippen LogP contribution in [0.25, 0.3) is 22.3 Å². The van der Waals surface area contributed by atoms with Gasteiger partial charge in [0.25, 0.3) is 0 Å². The minimum absolute atomic E-state index is 0.00783. The molecule has 71 heavy (non-hydrogen) atoms. The maximum Gasteiger partial charge on any atom is 0.321 e. The topological polar surface area (TPSA) is 131 Å². The van der Waals surface area contributed by atoms with Crippen LogP contribution >= 0.6 is 0 Å². The number of morpholine rings is 2. The van der Waals surface area contributed by atoms with Gasteiger partial charge in [-0.1, -0.05) is 38.8 Å². The number of hydrogen-bond acceptors (Lipinski definition) is 10. The van der Waals surface area contributed by atoms with Crippen molar-refractivity contribution in [1.82, 2.24) is 30.0 Å². The number of carbonyl (C=O) groups is 2. The van der Waals surface area contributed by atoms with E-state index in [1.54, 1.807) is 0 Å². The summed E-state index contributed by atoms with van der Waals surface area (Å²) in [6.07, 6.45) is 9.18. The number of piperidine rings is 2. The molecule has 6 fully saturated rings. The maximum atomic E-state index is 12.9. The second-order valence-electron chi connectivity index (χ2n) is 21.1. The molecule has 0 saturated carbocycles. The Morgan fingerprint density at radius 2 is 1.10 bits per heavy atom. The Morgan fingerprint density at radius 1 is 0.606 bits per heavy atom. The number of carbonyl (C=O) groups excluding carboxylic acids is 2. The first-order valence-electron chi connectivity index (χ1n) is 27.0. The van der Waals surface area contributed by atoms with Crippen LogP contribution in [0.3, 0.4) is 0 Å². The zero-order valence-electron chi connectivity index (χ0n) is 43.3. The minimum atomic E-state index is 0.00783. The number of rotatable bonds is 10. The average Bonchev–Trinajstić information content (AvgIpc) is 4.12. The van der Waals surface area contributed by atoms with E-state index in [2.05, 4.69) is 114 Å². The molecule has 14 heteroatoms. The Bertz CT molecular complexity index is 2400. The maximum absolute atomic E-state index is 12.9. The van der Waals surface area contributed by atoms with Gasteiger partial charge in [0, 0.05) is 100 Å². The fourth-order valence-corrected chi connectivity index (χ4v) is 11.4. The number of ether oxygens (including phenoxy) is 2. The van der Waals surface area contributed by atoms with Gasteiger partial charge in [-0.3, -0.25) is 0 Å². The highest BCUT2D eigenvalue weighted by Crippen LogP contribution is 2.36. The van der Waals surface area contributed by atoms with Crippen molar-refractivity contribution in [3.8, 4) is 22.3 Å². The Labute approximate surface area is 423 Å². The third-order valence-corrected chi connectivity index (χ3v) is 16.0. The SMILES string of the molecule is CC[C@@H]1CCN(C(=O)Nc2ccc(C)c(-c3cc(C4CCCN(C)C4)nc(N4CCOCC4)c3)c2)C1.CC[C@@H]1CCN(C(=O)Nc2ccc(C)c(-c3cc(C4CCCNC4)nc(N4CCOCC4)c3)c2)C1. The van der Waals surface area contributed by atoms with Crippen molar-refractivity contribution in [1.29, 1.82) is 0 Å². The van der Waals surface area contributed by atoms with Gasteiger partial charge in [0.15, 0.2) is 0 Å². The molecule has 3 N–H and O–H groups in total. The predicted molar refractivity (Wildman–Crippen MR) is 287 cm³/mol. The van der Waals surface area contributed by atoms with Crippen molar-refractivity contribution in [2.45, 2.75) is 90.9 Å². The van der Waals surface area contributed by atoms with Crippen molar-refractivity contribution in [3.63, 3.8) is 0 Å². The molecule has 0 bridgehead atoms. The molecule has 0 spiro atoms. The Morgan fingerprint density at radius 3 is 1.55 bits per heavy atom. The summed E-state index contributed by atoms with van der Waals surface area (Å²) >= 11 is 0. The largest absolute Gasteiger partial charge is 0.378 e. The number of likely N-dealkylation sites (N-methyl/N-ethyl adjacent to an activating group) is 1. The van der Waals surface area contributed by atoms with Gasteiger partial charge < -0.3 is 49.9 Å². The molecular formula is C57H80N10O4. The first-order chi connectivity index (χ1) is 34.6. The van der Waals surface area contributed by atoms with Crippen LogP contribution < -0.4 is 25.8 Å². The van der Waals surface area contributed by atoms with E-state index in [-0.39, 0.29) is 12.1 Å². The third-order valence-electron chi connectivity index (χ3n) is 16.0. The molecule has 8 heterocycles. The highest BCUT2D eigenvalue weighted by Gasteiger charge is 2.28. The van der Waals surface area contributed by atoms with Gasteiger partial charge in [0.05, 0.1) is 26.4 Å². The lowest BCUT2D eigenvalue weighted by Crippen LogP contribution is -2.37. The number of aryl methyl sites for hydroxylation is 2. The number of hydrogen-bond donors (Lipinski definition) is 3. The molecule has 6 saturated heterocycles. The predicted octanol–water partition coefficient (Wildman–Crippen LogP) is 9.59. The number of pyridine rings is 2. The van der Waals surface area contributed by atoms with Gasteiger partial charge in [0.2, 0.25) is 0 Å². The molecule has 2 aromatic heterocycles.